The van der Waals surface area contributed by atoms with Crippen LogP contribution in [0.2, 0.25) is 15.1 Å². The maximum absolute atomic E-state index is 13.4. The molecule has 0 aromatic heterocycles. The van der Waals surface area contributed by atoms with Crippen LogP contribution in [0.15, 0.2) is 102 Å². The average molecular weight is 643 g/mol. The number of carbonyl (C=O) groups is 3. The minimum Gasteiger partial charge on any atom is -0.325 e. The molecule has 0 aliphatic heterocycles. The summed E-state index contributed by atoms with van der Waals surface area (Å²) in [5.41, 5.74) is 1.68. The predicted molar refractivity (Wildman–Crippen MR) is 169 cm³/mol. The largest absolute Gasteiger partial charge is 0.325 e. The van der Waals surface area contributed by atoms with Gasteiger partial charge in [0, 0.05) is 31.9 Å². The second-order valence-electron chi connectivity index (χ2n) is 8.90. The van der Waals surface area contributed by atoms with Crippen LogP contribution in [-0.2, 0) is 9.59 Å². The number of hydrogen-bond donors (Lipinski definition) is 3. The molecule has 11 heteroatoms. The minimum absolute atomic E-state index is 0.0299. The van der Waals surface area contributed by atoms with Gasteiger partial charge < -0.3 is 16.0 Å². The molecule has 4 rings (SSSR count). The van der Waals surface area contributed by atoms with Crippen LogP contribution in [0.1, 0.15) is 22.8 Å². The highest BCUT2D eigenvalue weighted by molar-refractivity contribution is 8.00. The number of carbonyl (C=O) groups excluding carboxylic acids is 3. The van der Waals surface area contributed by atoms with Crippen LogP contribution in [-0.4, -0.2) is 23.0 Å². The molecule has 0 saturated carbocycles. The molecule has 0 aliphatic carbocycles. The highest BCUT2D eigenvalue weighted by Crippen LogP contribution is 2.27. The van der Waals surface area contributed by atoms with E-state index < -0.39 is 22.9 Å². The molecule has 1 atom stereocenters. The topological polar surface area (TPSA) is 87.3 Å². The molecule has 0 heterocycles. The van der Waals surface area contributed by atoms with Crippen LogP contribution in [0.4, 0.5) is 15.8 Å². The summed E-state index contributed by atoms with van der Waals surface area (Å²) in [4.78, 5) is 39.5. The fraction of sp³-hybridized carbons (Fsp3) is 0.0645. The van der Waals surface area contributed by atoms with E-state index in [1.54, 1.807) is 73.7 Å². The Hall–Kier alpha value is -3.82. The van der Waals surface area contributed by atoms with Crippen molar-refractivity contribution in [1.29, 1.82) is 0 Å². The summed E-state index contributed by atoms with van der Waals surface area (Å²) in [5.74, 6) is -1.90. The molecule has 0 radical (unpaired) electrons. The summed E-state index contributed by atoms with van der Waals surface area (Å²) in [7, 11) is 0. The van der Waals surface area contributed by atoms with Gasteiger partial charge in [0.1, 0.15) is 11.5 Å². The first kappa shape index (κ1) is 31.1. The number of nitrogens with one attached hydrogen (secondary N) is 3. The molecule has 3 N–H and O–H groups in total. The Balaban J connectivity index is 1.45. The summed E-state index contributed by atoms with van der Waals surface area (Å²) in [6, 6.07) is 24.1. The molecule has 0 saturated heterocycles. The zero-order valence-electron chi connectivity index (χ0n) is 22.0. The molecule has 1 unspecified atom stereocenters. The highest BCUT2D eigenvalue weighted by atomic mass is 35.5. The van der Waals surface area contributed by atoms with Gasteiger partial charge in [-0.05, 0) is 85.3 Å². The van der Waals surface area contributed by atoms with Crippen LogP contribution < -0.4 is 16.0 Å². The fourth-order valence-electron chi connectivity index (χ4n) is 3.61. The quantitative estimate of drug-likeness (QED) is 0.127. The minimum atomic E-state index is -0.573. The smallest absolute Gasteiger partial charge is 0.272 e. The highest BCUT2D eigenvalue weighted by Gasteiger charge is 2.18. The number of hydrogen-bond acceptors (Lipinski definition) is 4. The molecule has 3 amide bonds. The van der Waals surface area contributed by atoms with Crippen molar-refractivity contribution in [3.63, 3.8) is 0 Å². The van der Waals surface area contributed by atoms with Crippen molar-refractivity contribution in [2.75, 3.05) is 10.6 Å². The standard InChI is InChI=1S/C31H23Cl3FN3O3S/c1-18(29(39)37-23-11-14-27(35)26(34)17-23)42-24-12-9-22(10-13-24)36-31(41)28(15-20-7-8-21(32)16-25(20)33)38-30(40)19-5-3-2-4-6-19/h2-18H,1H3,(H,36,41)(H,37,39)(H,38,40)/b28-15-. The van der Waals surface area contributed by atoms with Gasteiger partial charge >= 0.3 is 0 Å². The lowest BCUT2D eigenvalue weighted by Gasteiger charge is -2.14. The number of thioether (sulfide) groups is 1. The first-order chi connectivity index (χ1) is 20.1. The SMILES string of the molecule is CC(Sc1ccc(NC(=O)/C(=C/c2ccc(Cl)cc2Cl)NC(=O)c2ccccc2)cc1)C(=O)Nc1ccc(F)c(Cl)c1. The van der Waals surface area contributed by atoms with Gasteiger partial charge in [0.25, 0.3) is 11.8 Å². The first-order valence-electron chi connectivity index (χ1n) is 12.5. The molecule has 0 spiro atoms. The second-order valence-corrected chi connectivity index (χ2v) is 11.6. The van der Waals surface area contributed by atoms with Crippen molar-refractivity contribution in [3.8, 4) is 0 Å². The number of benzene rings is 4. The molecule has 0 aliphatic rings. The van der Waals surface area contributed by atoms with Crippen molar-refractivity contribution in [3.05, 3.63) is 129 Å². The van der Waals surface area contributed by atoms with Crippen LogP contribution in [0.25, 0.3) is 6.08 Å². The zero-order valence-corrected chi connectivity index (χ0v) is 25.0. The molecule has 4 aromatic carbocycles. The molecule has 214 valence electrons. The number of anilines is 2. The van der Waals surface area contributed by atoms with E-state index in [1.807, 2.05) is 0 Å². The average Bonchev–Trinajstić information content (AvgIpc) is 2.97. The van der Waals surface area contributed by atoms with E-state index in [2.05, 4.69) is 16.0 Å². The van der Waals surface area contributed by atoms with E-state index >= 15 is 0 Å². The van der Waals surface area contributed by atoms with Gasteiger partial charge in [-0.2, -0.15) is 0 Å². The van der Waals surface area contributed by atoms with Gasteiger partial charge in [0.05, 0.1) is 10.3 Å². The lowest BCUT2D eigenvalue weighted by Crippen LogP contribution is -2.30. The van der Waals surface area contributed by atoms with Gasteiger partial charge in [-0.1, -0.05) is 59.1 Å². The van der Waals surface area contributed by atoms with Crippen molar-refractivity contribution in [1.82, 2.24) is 5.32 Å². The van der Waals surface area contributed by atoms with Crippen LogP contribution in [0.5, 0.6) is 0 Å². The Bertz CT molecular complexity index is 1650. The first-order valence-corrected chi connectivity index (χ1v) is 14.5. The Morgan fingerprint density at radius 2 is 1.50 bits per heavy atom. The predicted octanol–water partition coefficient (Wildman–Crippen LogP) is 8.31. The summed E-state index contributed by atoms with van der Waals surface area (Å²) in [5, 5.41) is 8.31. The van der Waals surface area contributed by atoms with E-state index in [4.69, 9.17) is 34.8 Å². The maximum atomic E-state index is 13.4. The Morgan fingerprint density at radius 1 is 0.810 bits per heavy atom. The van der Waals surface area contributed by atoms with Gasteiger partial charge in [0.15, 0.2) is 0 Å². The number of halogens is 4. The van der Waals surface area contributed by atoms with Crippen LogP contribution in [0, 0.1) is 5.82 Å². The van der Waals surface area contributed by atoms with E-state index in [0.717, 1.165) is 4.90 Å². The Labute approximate surface area is 261 Å². The van der Waals surface area contributed by atoms with Crippen molar-refractivity contribution >= 4 is 81.7 Å². The Kier molecular flexibility index (Phi) is 10.7. The molecular formula is C31H23Cl3FN3O3S. The maximum Gasteiger partial charge on any atom is 0.272 e. The molecule has 0 fully saturated rings. The van der Waals surface area contributed by atoms with Crippen LogP contribution >= 0.6 is 46.6 Å². The molecule has 0 bridgehead atoms. The van der Waals surface area contributed by atoms with Gasteiger partial charge in [-0.3, -0.25) is 14.4 Å². The van der Waals surface area contributed by atoms with E-state index in [9.17, 15) is 18.8 Å². The molecule has 42 heavy (non-hydrogen) atoms. The lowest BCUT2D eigenvalue weighted by molar-refractivity contribution is -0.115. The van der Waals surface area contributed by atoms with Crippen molar-refractivity contribution in [2.45, 2.75) is 17.1 Å². The van der Waals surface area contributed by atoms with Crippen molar-refractivity contribution < 1.29 is 18.8 Å². The van der Waals surface area contributed by atoms with E-state index in [0.29, 0.717) is 32.5 Å². The summed E-state index contributed by atoms with van der Waals surface area (Å²) in [6.07, 6.45) is 1.47. The second kappa shape index (κ2) is 14.4. The Morgan fingerprint density at radius 3 is 2.17 bits per heavy atom. The third-order valence-corrected chi connectivity index (χ3v) is 7.74. The van der Waals surface area contributed by atoms with Gasteiger partial charge in [0.2, 0.25) is 5.91 Å². The van der Waals surface area contributed by atoms with E-state index in [1.165, 1.54) is 42.1 Å². The molecular weight excluding hydrogens is 620 g/mol. The molecule has 4 aromatic rings. The molecule has 6 nitrogen and oxygen atoms in total. The summed E-state index contributed by atoms with van der Waals surface area (Å²) in [6.45, 7) is 1.73. The monoisotopic (exact) mass is 641 g/mol. The van der Waals surface area contributed by atoms with Gasteiger partial charge in [-0.15, -0.1) is 11.8 Å². The lowest BCUT2D eigenvalue weighted by atomic mass is 10.1. The summed E-state index contributed by atoms with van der Waals surface area (Å²) < 4.78 is 13.4. The third kappa shape index (κ3) is 8.59. The van der Waals surface area contributed by atoms with Crippen LogP contribution in [0.3, 0.4) is 0 Å². The third-order valence-electron chi connectivity index (χ3n) is 5.77. The number of rotatable bonds is 9. The fourth-order valence-corrected chi connectivity index (χ4v) is 5.12. The zero-order chi connectivity index (χ0) is 30.2. The van der Waals surface area contributed by atoms with E-state index in [-0.39, 0.29) is 16.6 Å². The number of amides is 3. The summed E-state index contributed by atoms with van der Waals surface area (Å²) >= 11 is 19.4. The normalized spacial score (nSPS) is 11.9. The van der Waals surface area contributed by atoms with Gasteiger partial charge in [-0.25, -0.2) is 4.39 Å². The van der Waals surface area contributed by atoms with Crippen molar-refractivity contribution in [2.24, 2.45) is 0 Å².